The lowest BCUT2D eigenvalue weighted by Gasteiger charge is -2.32. The molecule has 6 heteroatoms. The van der Waals surface area contributed by atoms with Gasteiger partial charge in [0.05, 0.1) is 37.1 Å². The van der Waals surface area contributed by atoms with Crippen LogP contribution in [0.25, 0.3) is 11.0 Å². The smallest absolute Gasteiger partial charge is 0.257 e. The Balaban J connectivity index is 1.42. The summed E-state index contributed by atoms with van der Waals surface area (Å²) in [6.45, 7) is 6.71. The maximum absolute atomic E-state index is 13.0. The van der Waals surface area contributed by atoms with Gasteiger partial charge >= 0.3 is 0 Å². The number of hydrogen-bond acceptors (Lipinski definition) is 4. The summed E-state index contributed by atoms with van der Waals surface area (Å²) in [5, 5.41) is 0. The van der Waals surface area contributed by atoms with E-state index < -0.39 is 0 Å². The lowest BCUT2D eigenvalue weighted by Crippen LogP contribution is -2.39. The van der Waals surface area contributed by atoms with Gasteiger partial charge in [-0.15, -0.1) is 0 Å². The second kappa shape index (κ2) is 8.38. The van der Waals surface area contributed by atoms with Crippen LogP contribution >= 0.6 is 0 Å². The fourth-order valence-electron chi connectivity index (χ4n) is 4.20. The van der Waals surface area contributed by atoms with Crippen molar-refractivity contribution in [1.29, 1.82) is 0 Å². The lowest BCUT2D eigenvalue weighted by atomic mass is 9.96. The quantitative estimate of drug-likeness (QED) is 0.635. The van der Waals surface area contributed by atoms with Gasteiger partial charge in [0, 0.05) is 25.7 Å². The number of ether oxygens (including phenoxy) is 2. The van der Waals surface area contributed by atoms with Crippen molar-refractivity contribution in [1.82, 2.24) is 14.5 Å². The summed E-state index contributed by atoms with van der Waals surface area (Å²) >= 11 is 0. The molecule has 4 rings (SSSR count). The van der Waals surface area contributed by atoms with Gasteiger partial charge in [0.25, 0.3) is 5.91 Å². The third-order valence-corrected chi connectivity index (χ3v) is 6.23. The van der Waals surface area contributed by atoms with Crippen LogP contribution in [-0.2, 0) is 6.54 Å². The molecule has 1 aromatic heterocycles. The molecule has 0 N–H and O–H groups in total. The van der Waals surface area contributed by atoms with Crippen molar-refractivity contribution in [3.8, 4) is 11.5 Å². The summed E-state index contributed by atoms with van der Waals surface area (Å²) in [6, 6.07) is 9.73. The van der Waals surface area contributed by atoms with Crippen molar-refractivity contribution < 1.29 is 14.3 Å². The molecular weight excluding hydrogens is 378 g/mol. The fraction of sp³-hybridized carbons (Fsp3) is 0.417. The molecule has 0 bridgehead atoms. The molecule has 0 spiro atoms. The molecule has 2 aromatic carbocycles. The first-order valence-electron chi connectivity index (χ1n) is 10.4. The average molecular weight is 408 g/mol. The number of benzene rings is 2. The maximum Gasteiger partial charge on any atom is 0.257 e. The Morgan fingerprint density at radius 1 is 1.07 bits per heavy atom. The van der Waals surface area contributed by atoms with Crippen LogP contribution in [0.3, 0.4) is 0 Å². The molecule has 3 aromatic rings. The van der Waals surface area contributed by atoms with Crippen LogP contribution in [0.1, 0.15) is 34.3 Å². The predicted molar refractivity (Wildman–Crippen MR) is 117 cm³/mol. The number of piperidine rings is 1. The van der Waals surface area contributed by atoms with Gasteiger partial charge in [0.2, 0.25) is 0 Å². The molecule has 1 aliphatic rings. The molecule has 30 heavy (non-hydrogen) atoms. The van der Waals surface area contributed by atoms with E-state index in [0.717, 1.165) is 38.0 Å². The Labute approximate surface area is 177 Å². The van der Waals surface area contributed by atoms with Crippen LogP contribution in [-0.4, -0.2) is 47.7 Å². The summed E-state index contributed by atoms with van der Waals surface area (Å²) in [4.78, 5) is 19.5. The molecule has 0 atom stereocenters. The summed E-state index contributed by atoms with van der Waals surface area (Å²) in [5.41, 5.74) is 5.40. The number of aromatic nitrogens is 2. The van der Waals surface area contributed by atoms with Crippen molar-refractivity contribution in [2.45, 2.75) is 33.2 Å². The number of hydrogen-bond donors (Lipinski definition) is 0. The molecule has 6 nitrogen and oxygen atoms in total. The number of nitrogens with zero attached hydrogens (tertiary/aromatic N) is 3. The van der Waals surface area contributed by atoms with E-state index in [1.807, 2.05) is 11.2 Å². The van der Waals surface area contributed by atoms with Crippen molar-refractivity contribution in [3.63, 3.8) is 0 Å². The van der Waals surface area contributed by atoms with Gasteiger partial charge in [0.15, 0.2) is 0 Å². The first-order valence-corrected chi connectivity index (χ1v) is 10.4. The molecule has 0 aliphatic carbocycles. The van der Waals surface area contributed by atoms with Crippen molar-refractivity contribution in [3.05, 3.63) is 53.3 Å². The highest BCUT2D eigenvalue weighted by Crippen LogP contribution is 2.28. The van der Waals surface area contributed by atoms with Crippen LogP contribution < -0.4 is 9.47 Å². The molecular formula is C24H29N3O3. The predicted octanol–water partition coefficient (Wildman–Crippen LogP) is 4.22. The monoisotopic (exact) mass is 407 g/mol. The van der Waals surface area contributed by atoms with Crippen molar-refractivity contribution in [2.75, 3.05) is 27.3 Å². The number of amides is 1. The van der Waals surface area contributed by atoms with Crippen LogP contribution in [0, 0.1) is 19.8 Å². The van der Waals surface area contributed by atoms with Crippen LogP contribution in [0.5, 0.6) is 11.5 Å². The molecule has 1 amide bonds. The van der Waals surface area contributed by atoms with Crippen molar-refractivity contribution in [2.24, 2.45) is 5.92 Å². The zero-order chi connectivity index (χ0) is 21.3. The standard InChI is InChI=1S/C24H29N3O3/c1-16-11-21-22(12-17(16)2)27(15-25-21)14-18-7-9-26(10-8-18)24(28)20-6-5-19(29-3)13-23(20)30-4/h5-6,11-13,15,18H,7-10,14H2,1-4H3. The minimum absolute atomic E-state index is 0.0205. The third kappa shape index (κ3) is 3.86. The first kappa shape index (κ1) is 20.3. The van der Waals surface area contributed by atoms with Gasteiger partial charge in [-0.05, 0) is 68.0 Å². The number of imidazole rings is 1. The van der Waals surface area contributed by atoms with E-state index in [9.17, 15) is 4.79 Å². The second-order valence-corrected chi connectivity index (χ2v) is 8.12. The zero-order valence-corrected chi connectivity index (χ0v) is 18.1. The fourth-order valence-corrected chi connectivity index (χ4v) is 4.20. The van der Waals surface area contributed by atoms with Gasteiger partial charge < -0.3 is 18.9 Å². The molecule has 1 aliphatic heterocycles. The molecule has 1 saturated heterocycles. The van der Waals surface area contributed by atoms with Crippen LogP contribution in [0.15, 0.2) is 36.7 Å². The topological polar surface area (TPSA) is 56.6 Å². The maximum atomic E-state index is 13.0. The van der Waals surface area contributed by atoms with E-state index in [-0.39, 0.29) is 5.91 Å². The highest BCUT2D eigenvalue weighted by Gasteiger charge is 2.26. The number of carbonyl (C=O) groups excluding carboxylic acids is 1. The van der Waals surface area contributed by atoms with Gasteiger partial charge in [-0.1, -0.05) is 0 Å². The van der Waals surface area contributed by atoms with Crippen LogP contribution in [0.4, 0.5) is 0 Å². The van der Waals surface area contributed by atoms with Gasteiger partial charge in [-0.3, -0.25) is 4.79 Å². The van der Waals surface area contributed by atoms with E-state index in [0.29, 0.717) is 23.0 Å². The van der Waals surface area contributed by atoms with E-state index in [1.54, 1.807) is 32.4 Å². The number of aryl methyl sites for hydroxylation is 2. The highest BCUT2D eigenvalue weighted by molar-refractivity contribution is 5.97. The van der Waals surface area contributed by atoms with Gasteiger partial charge in [0.1, 0.15) is 11.5 Å². The van der Waals surface area contributed by atoms with Gasteiger partial charge in [-0.25, -0.2) is 4.98 Å². The second-order valence-electron chi connectivity index (χ2n) is 8.12. The summed E-state index contributed by atoms with van der Waals surface area (Å²) in [5.74, 6) is 1.79. The molecule has 2 heterocycles. The Kier molecular flexibility index (Phi) is 5.66. The minimum atomic E-state index is 0.0205. The lowest BCUT2D eigenvalue weighted by molar-refractivity contribution is 0.0680. The van der Waals surface area contributed by atoms with Gasteiger partial charge in [-0.2, -0.15) is 0 Å². The van der Waals surface area contributed by atoms with E-state index in [2.05, 4.69) is 35.5 Å². The van der Waals surface area contributed by atoms with E-state index >= 15 is 0 Å². The first-order chi connectivity index (χ1) is 14.5. The number of rotatable bonds is 5. The Hall–Kier alpha value is -3.02. The molecule has 158 valence electrons. The number of fused-ring (bicyclic) bond motifs is 1. The van der Waals surface area contributed by atoms with E-state index in [1.165, 1.54) is 16.6 Å². The zero-order valence-electron chi connectivity index (χ0n) is 18.1. The average Bonchev–Trinajstić information content (AvgIpc) is 3.14. The Morgan fingerprint density at radius 3 is 2.50 bits per heavy atom. The molecule has 0 unspecified atom stereocenters. The highest BCUT2D eigenvalue weighted by atomic mass is 16.5. The number of methoxy groups -OCH3 is 2. The Morgan fingerprint density at radius 2 is 1.80 bits per heavy atom. The van der Waals surface area contributed by atoms with E-state index in [4.69, 9.17) is 9.47 Å². The summed E-state index contributed by atoms with van der Waals surface area (Å²) < 4.78 is 12.9. The molecule has 0 saturated carbocycles. The molecule has 0 radical (unpaired) electrons. The SMILES string of the molecule is COc1ccc(C(=O)N2CCC(Cn3cnc4cc(C)c(C)cc43)CC2)c(OC)c1. The minimum Gasteiger partial charge on any atom is -0.497 e. The van der Waals surface area contributed by atoms with Crippen LogP contribution in [0.2, 0.25) is 0 Å². The van der Waals surface area contributed by atoms with Crippen molar-refractivity contribution >= 4 is 16.9 Å². The largest absolute Gasteiger partial charge is 0.497 e. The number of likely N-dealkylation sites (tertiary alicyclic amines) is 1. The molecule has 1 fully saturated rings. The third-order valence-electron chi connectivity index (χ3n) is 6.23. The normalized spacial score (nSPS) is 14.9. The number of carbonyl (C=O) groups is 1. The summed E-state index contributed by atoms with van der Waals surface area (Å²) in [6.07, 6.45) is 3.91. The summed E-state index contributed by atoms with van der Waals surface area (Å²) in [7, 11) is 3.18. The Bertz CT molecular complexity index is 1060.